The molecule has 0 saturated carbocycles. The van der Waals surface area contributed by atoms with Gasteiger partial charge >= 0.3 is 6.18 Å². The van der Waals surface area contributed by atoms with E-state index in [1.807, 2.05) is 42.5 Å². The van der Waals surface area contributed by atoms with Gasteiger partial charge in [0.2, 0.25) is 0 Å². The minimum Gasteiger partial charge on any atom is -0.334 e. The summed E-state index contributed by atoms with van der Waals surface area (Å²) < 4.78 is 54.8. The molecule has 0 N–H and O–H groups in total. The molecule has 8 heteroatoms. The number of amides is 1. The molecule has 0 spiro atoms. The van der Waals surface area contributed by atoms with Gasteiger partial charge in [0.25, 0.3) is 5.91 Å². The Balaban J connectivity index is 1.90. The molecule has 0 aliphatic rings. The number of carbonyl (C=O) groups excluding carboxylic acids is 1. The second-order valence-electron chi connectivity index (χ2n) is 9.72. The Kier molecular flexibility index (Phi) is 8.73. The number of alkyl halides is 3. The highest BCUT2D eigenvalue weighted by Crippen LogP contribution is 2.34. The third-order valence-electron chi connectivity index (χ3n) is 5.85. The van der Waals surface area contributed by atoms with E-state index in [-0.39, 0.29) is 18.5 Å². The maximum absolute atomic E-state index is 14.8. The highest BCUT2D eigenvalue weighted by Gasteiger charge is 2.34. The zero-order chi connectivity index (χ0) is 26.7. The van der Waals surface area contributed by atoms with Crippen LogP contribution >= 0.6 is 23.2 Å². The standard InChI is InChI=1S/C28H27Cl2F4NO/c1-27(2,3)20-11-9-19(10-12-20)17-35(13-5-7-18-6-4-8-22(29)14-18)26(36)23-15-21(28(32,33)34)16-24(30)25(23)31/h4,6,8-12,14-16H,5,7,13,17H2,1-3H3. The fraction of sp³-hybridized carbons (Fsp3) is 0.321. The lowest BCUT2D eigenvalue weighted by Crippen LogP contribution is -2.33. The highest BCUT2D eigenvalue weighted by atomic mass is 35.5. The van der Waals surface area contributed by atoms with Crippen molar-refractivity contribution in [1.29, 1.82) is 0 Å². The van der Waals surface area contributed by atoms with Crippen LogP contribution in [-0.4, -0.2) is 17.4 Å². The topological polar surface area (TPSA) is 20.3 Å². The number of carbonyl (C=O) groups is 1. The molecule has 0 aliphatic heterocycles. The summed E-state index contributed by atoms with van der Waals surface area (Å²) in [7, 11) is 0. The molecule has 0 bridgehead atoms. The maximum Gasteiger partial charge on any atom is 0.416 e. The summed E-state index contributed by atoms with van der Waals surface area (Å²) in [6.07, 6.45) is -3.69. The van der Waals surface area contributed by atoms with Crippen LogP contribution < -0.4 is 0 Å². The van der Waals surface area contributed by atoms with Gasteiger partial charge in [0.15, 0.2) is 5.82 Å². The Labute approximate surface area is 218 Å². The molecule has 0 fully saturated rings. The van der Waals surface area contributed by atoms with Gasteiger partial charge in [-0.1, -0.05) is 80.4 Å². The summed E-state index contributed by atoms with van der Waals surface area (Å²) in [6, 6.07) is 15.9. The van der Waals surface area contributed by atoms with Gasteiger partial charge in [0.05, 0.1) is 16.1 Å². The molecule has 192 valence electrons. The smallest absolute Gasteiger partial charge is 0.334 e. The van der Waals surface area contributed by atoms with E-state index >= 15 is 0 Å². The third-order valence-corrected chi connectivity index (χ3v) is 6.36. The first-order valence-corrected chi connectivity index (χ1v) is 12.2. The molecule has 0 radical (unpaired) electrons. The number of hydrogen-bond acceptors (Lipinski definition) is 1. The fourth-order valence-corrected chi connectivity index (χ4v) is 4.26. The molecule has 0 saturated heterocycles. The molecule has 0 aromatic heterocycles. The molecule has 0 aliphatic carbocycles. The van der Waals surface area contributed by atoms with Gasteiger partial charge in [0, 0.05) is 18.1 Å². The molecular weight excluding hydrogens is 513 g/mol. The fourth-order valence-electron chi connectivity index (χ4n) is 3.83. The van der Waals surface area contributed by atoms with Gasteiger partial charge in [0.1, 0.15) is 0 Å². The van der Waals surface area contributed by atoms with Crippen molar-refractivity contribution in [2.24, 2.45) is 0 Å². The first-order valence-electron chi connectivity index (χ1n) is 11.4. The van der Waals surface area contributed by atoms with Gasteiger partial charge in [-0.05, 0) is 59.2 Å². The predicted octanol–water partition coefficient (Wildman–Crippen LogP) is 8.72. The Morgan fingerprint density at radius 2 is 1.56 bits per heavy atom. The van der Waals surface area contributed by atoms with Crippen molar-refractivity contribution in [3.8, 4) is 0 Å². The Hall–Kier alpha value is -2.57. The number of rotatable bonds is 7. The van der Waals surface area contributed by atoms with E-state index in [0.717, 1.165) is 16.7 Å². The normalized spacial score (nSPS) is 12.0. The van der Waals surface area contributed by atoms with E-state index in [0.29, 0.717) is 30.0 Å². The van der Waals surface area contributed by atoms with Crippen molar-refractivity contribution in [3.63, 3.8) is 0 Å². The van der Waals surface area contributed by atoms with E-state index in [9.17, 15) is 22.4 Å². The predicted molar refractivity (Wildman–Crippen MR) is 136 cm³/mol. The molecule has 3 rings (SSSR count). The van der Waals surface area contributed by atoms with Crippen molar-refractivity contribution in [1.82, 2.24) is 4.90 Å². The number of hydrogen-bond donors (Lipinski definition) is 0. The van der Waals surface area contributed by atoms with E-state index in [2.05, 4.69) is 20.8 Å². The van der Waals surface area contributed by atoms with Crippen LogP contribution in [0.25, 0.3) is 0 Å². The van der Waals surface area contributed by atoms with Gasteiger partial charge < -0.3 is 4.90 Å². The van der Waals surface area contributed by atoms with Crippen molar-refractivity contribution in [2.45, 2.75) is 51.7 Å². The number of benzene rings is 3. The van der Waals surface area contributed by atoms with E-state index in [4.69, 9.17) is 23.2 Å². The van der Waals surface area contributed by atoms with Gasteiger partial charge in [-0.15, -0.1) is 0 Å². The summed E-state index contributed by atoms with van der Waals surface area (Å²) in [6.45, 7) is 6.53. The average molecular weight is 540 g/mol. The van der Waals surface area contributed by atoms with Crippen LogP contribution in [0.2, 0.25) is 10.0 Å². The summed E-state index contributed by atoms with van der Waals surface area (Å²) in [5.74, 6) is -2.02. The van der Waals surface area contributed by atoms with E-state index in [1.54, 1.807) is 6.07 Å². The van der Waals surface area contributed by atoms with Crippen molar-refractivity contribution in [3.05, 3.63) is 104 Å². The molecule has 0 atom stereocenters. The number of aryl methyl sites for hydroxylation is 1. The average Bonchev–Trinajstić information content (AvgIpc) is 2.79. The van der Waals surface area contributed by atoms with E-state index < -0.39 is 34.1 Å². The lowest BCUT2D eigenvalue weighted by atomic mass is 9.87. The molecule has 36 heavy (non-hydrogen) atoms. The first-order chi connectivity index (χ1) is 16.8. The Bertz CT molecular complexity index is 1220. The van der Waals surface area contributed by atoms with E-state index in [1.165, 1.54) is 4.90 Å². The molecule has 3 aromatic rings. The van der Waals surface area contributed by atoms with Gasteiger partial charge in [-0.3, -0.25) is 4.79 Å². The molecule has 0 unspecified atom stereocenters. The van der Waals surface area contributed by atoms with Crippen LogP contribution in [0, 0.1) is 5.82 Å². The van der Waals surface area contributed by atoms with Crippen LogP contribution in [0.5, 0.6) is 0 Å². The lowest BCUT2D eigenvalue weighted by Gasteiger charge is -2.25. The maximum atomic E-state index is 14.8. The minimum atomic E-state index is -4.77. The van der Waals surface area contributed by atoms with Crippen LogP contribution in [-0.2, 0) is 24.6 Å². The molecule has 0 heterocycles. The second-order valence-corrected chi connectivity index (χ2v) is 10.6. The summed E-state index contributed by atoms with van der Waals surface area (Å²) in [5.41, 5.74) is 0.883. The van der Waals surface area contributed by atoms with Crippen molar-refractivity contribution < 1.29 is 22.4 Å². The molecule has 2 nitrogen and oxygen atoms in total. The molecular formula is C28H27Cl2F4NO. The van der Waals surface area contributed by atoms with Gasteiger partial charge in [-0.25, -0.2) is 4.39 Å². The summed E-state index contributed by atoms with van der Waals surface area (Å²) in [4.78, 5) is 14.7. The van der Waals surface area contributed by atoms with Crippen molar-refractivity contribution >= 4 is 29.1 Å². The number of nitrogens with zero attached hydrogens (tertiary/aromatic N) is 1. The van der Waals surface area contributed by atoms with Crippen LogP contribution in [0.15, 0.2) is 60.7 Å². The minimum absolute atomic E-state index is 0.0666. The Morgan fingerprint density at radius 3 is 2.14 bits per heavy atom. The quantitative estimate of drug-likeness (QED) is 0.275. The molecule has 3 aromatic carbocycles. The Morgan fingerprint density at radius 1 is 0.889 bits per heavy atom. The largest absolute Gasteiger partial charge is 0.416 e. The molecule has 1 amide bonds. The first kappa shape index (κ1) is 28.0. The monoisotopic (exact) mass is 539 g/mol. The zero-order valence-corrected chi connectivity index (χ0v) is 21.7. The lowest BCUT2D eigenvalue weighted by molar-refractivity contribution is -0.137. The highest BCUT2D eigenvalue weighted by molar-refractivity contribution is 6.31. The summed E-state index contributed by atoms with van der Waals surface area (Å²) >= 11 is 11.8. The van der Waals surface area contributed by atoms with Gasteiger partial charge in [-0.2, -0.15) is 13.2 Å². The van der Waals surface area contributed by atoms with Crippen LogP contribution in [0.4, 0.5) is 17.6 Å². The van der Waals surface area contributed by atoms with Crippen LogP contribution in [0.1, 0.15) is 59.8 Å². The third kappa shape index (κ3) is 7.23. The van der Waals surface area contributed by atoms with Crippen LogP contribution in [0.3, 0.4) is 0 Å². The number of halogens is 6. The zero-order valence-electron chi connectivity index (χ0n) is 20.2. The summed E-state index contributed by atoms with van der Waals surface area (Å²) in [5, 5.41) is -0.165. The van der Waals surface area contributed by atoms with Crippen molar-refractivity contribution in [2.75, 3.05) is 6.54 Å². The SMILES string of the molecule is CC(C)(C)c1ccc(CN(CCCc2cccc(Cl)c2)C(=O)c2cc(C(F)(F)F)cc(Cl)c2F)cc1. The second kappa shape index (κ2) is 11.2.